The summed E-state index contributed by atoms with van der Waals surface area (Å²) in [6, 6.07) is 11.7. The van der Waals surface area contributed by atoms with Crippen molar-refractivity contribution in [3.63, 3.8) is 0 Å². The van der Waals surface area contributed by atoms with E-state index in [0.29, 0.717) is 6.42 Å². The second-order valence-corrected chi connectivity index (χ2v) is 6.67. The molecule has 1 saturated heterocycles. The number of piperidine rings is 1. The Morgan fingerprint density at radius 3 is 2.58 bits per heavy atom. The van der Waals surface area contributed by atoms with Crippen molar-refractivity contribution in [2.75, 3.05) is 6.54 Å². The average molecular weight is 324 g/mol. The molecule has 126 valence electrons. The van der Waals surface area contributed by atoms with Crippen molar-refractivity contribution in [1.82, 2.24) is 9.88 Å². The van der Waals surface area contributed by atoms with Gasteiger partial charge < -0.3 is 5.11 Å². The largest absolute Gasteiger partial charge is 0.480 e. The first-order chi connectivity index (χ1) is 11.6. The van der Waals surface area contributed by atoms with Crippen LogP contribution in [-0.4, -0.2) is 33.5 Å². The lowest BCUT2D eigenvalue weighted by atomic mass is 9.92. The Hall–Kier alpha value is -2.20. The van der Waals surface area contributed by atoms with E-state index in [0.717, 1.165) is 30.6 Å². The summed E-state index contributed by atoms with van der Waals surface area (Å²) in [5.74, 6) is -0.736. The van der Waals surface area contributed by atoms with Crippen LogP contribution in [0.15, 0.2) is 42.6 Å². The van der Waals surface area contributed by atoms with Crippen LogP contribution in [0.25, 0.3) is 0 Å². The van der Waals surface area contributed by atoms with Gasteiger partial charge in [-0.05, 0) is 50.9 Å². The highest BCUT2D eigenvalue weighted by molar-refractivity contribution is 5.73. The average Bonchev–Trinajstić information content (AvgIpc) is 2.55. The minimum Gasteiger partial charge on any atom is -0.480 e. The monoisotopic (exact) mass is 324 g/mol. The summed E-state index contributed by atoms with van der Waals surface area (Å²) < 4.78 is 0. The molecule has 2 unspecified atom stereocenters. The maximum absolute atomic E-state index is 11.8. The Morgan fingerprint density at radius 1 is 1.21 bits per heavy atom. The molecule has 4 heteroatoms. The maximum Gasteiger partial charge on any atom is 0.320 e. The zero-order valence-electron chi connectivity index (χ0n) is 14.3. The van der Waals surface area contributed by atoms with Crippen LogP contribution in [0.4, 0.5) is 0 Å². The number of nitrogens with zero attached hydrogens (tertiary/aromatic N) is 2. The number of carboxylic acid groups (broad SMARTS) is 1. The number of likely N-dealkylation sites (tertiary alicyclic amines) is 1. The zero-order chi connectivity index (χ0) is 17.1. The van der Waals surface area contributed by atoms with E-state index in [2.05, 4.69) is 41.9 Å². The lowest BCUT2D eigenvalue weighted by Gasteiger charge is -2.39. The number of pyridine rings is 1. The quantitative estimate of drug-likeness (QED) is 0.931. The Morgan fingerprint density at radius 2 is 1.96 bits per heavy atom. The van der Waals surface area contributed by atoms with Crippen LogP contribution in [0.2, 0.25) is 0 Å². The van der Waals surface area contributed by atoms with Crippen LogP contribution < -0.4 is 0 Å². The Kier molecular flexibility index (Phi) is 4.95. The minimum atomic E-state index is -0.736. The van der Waals surface area contributed by atoms with Crippen LogP contribution in [-0.2, 0) is 4.79 Å². The molecule has 1 aromatic heterocycles. The zero-order valence-corrected chi connectivity index (χ0v) is 14.3. The van der Waals surface area contributed by atoms with Crippen LogP contribution in [0.1, 0.15) is 47.7 Å². The number of carbonyl (C=O) groups is 1. The molecule has 0 radical (unpaired) electrons. The third kappa shape index (κ3) is 3.49. The fourth-order valence-corrected chi connectivity index (χ4v) is 3.77. The van der Waals surface area contributed by atoms with E-state index in [4.69, 9.17) is 0 Å². The first-order valence-corrected chi connectivity index (χ1v) is 8.54. The van der Waals surface area contributed by atoms with E-state index in [-0.39, 0.29) is 6.04 Å². The second-order valence-electron chi connectivity index (χ2n) is 6.67. The number of carboxylic acids is 1. The van der Waals surface area contributed by atoms with Crippen molar-refractivity contribution in [3.8, 4) is 0 Å². The third-order valence-electron chi connectivity index (χ3n) is 4.69. The van der Waals surface area contributed by atoms with Gasteiger partial charge in [-0.25, -0.2) is 0 Å². The highest BCUT2D eigenvalue weighted by Gasteiger charge is 2.35. The predicted octanol–water partition coefficient (Wildman–Crippen LogP) is 3.73. The van der Waals surface area contributed by atoms with Gasteiger partial charge in [-0.15, -0.1) is 0 Å². The molecule has 0 amide bonds. The number of hydrogen-bond acceptors (Lipinski definition) is 3. The molecule has 3 rings (SSSR count). The topological polar surface area (TPSA) is 53.4 Å². The van der Waals surface area contributed by atoms with E-state index in [1.54, 1.807) is 6.20 Å². The van der Waals surface area contributed by atoms with Crippen LogP contribution >= 0.6 is 0 Å². The number of hydrogen-bond donors (Lipinski definition) is 1. The number of aromatic nitrogens is 1. The summed E-state index contributed by atoms with van der Waals surface area (Å²) in [6.45, 7) is 4.94. The normalized spacial score (nSPS) is 19.8. The number of benzene rings is 1. The molecule has 0 bridgehead atoms. The molecule has 0 saturated carbocycles. The molecule has 1 aliphatic heterocycles. The lowest BCUT2D eigenvalue weighted by molar-refractivity contribution is -0.145. The van der Waals surface area contributed by atoms with Crippen LogP contribution in [0.5, 0.6) is 0 Å². The fraction of sp³-hybridized carbons (Fsp3) is 0.400. The smallest absolute Gasteiger partial charge is 0.320 e. The summed E-state index contributed by atoms with van der Waals surface area (Å²) in [7, 11) is 0. The molecule has 24 heavy (non-hydrogen) atoms. The Labute approximate surface area is 143 Å². The van der Waals surface area contributed by atoms with Gasteiger partial charge in [0, 0.05) is 6.20 Å². The van der Waals surface area contributed by atoms with Crippen LogP contribution in [0, 0.1) is 13.8 Å². The van der Waals surface area contributed by atoms with Gasteiger partial charge in [-0.2, -0.15) is 0 Å². The highest BCUT2D eigenvalue weighted by atomic mass is 16.4. The minimum absolute atomic E-state index is 0.119. The van der Waals surface area contributed by atoms with Gasteiger partial charge in [0.2, 0.25) is 0 Å². The molecular weight excluding hydrogens is 300 g/mol. The predicted molar refractivity (Wildman–Crippen MR) is 94.0 cm³/mol. The molecule has 4 nitrogen and oxygen atoms in total. The highest BCUT2D eigenvalue weighted by Crippen LogP contribution is 2.34. The van der Waals surface area contributed by atoms with Gasteiger partial charge in [0.15, 0.2) is 0 Å². The summed E-state index contributed by atoms with van der Waals surface area (Å²) in [4.78, 5) is 18.5. The maximum atomic E-state index is 11.8. The first kappa shape index (κ1) is 16.7. The van der Waals surface area contributed by atoms with E-state index < -0.39 is 12.0 Å². The van der Waals surface area contributed by atoms with Gasteiger partial charge in [-0.3, -0.25) is 14.7 Å². The van der Waals surface area contributed by atoms with Crippen molar-refractivity contribution in [3.05, 3.63) is 65.0 Å². The SMILES string of the molecule is Cc1cc(C)cc(C(c2ccccn2)N2CCCCC2C(=O)O)c1. The Bertz CT molecular complexity index is 695. The third-order valence-corrected chi connectivity index (χ3v) is 4.69. The summed E-state index contributed by atoms with van der Waals surface area (Å²) in [6.07, 6.45) is 4.47. The van der Waals surface area contributed by atoms with Crippen molar-refractivity contribution in [2.24, 2.45) is 0 Å². The van der Waals surface area contributed by atoms with Crippen LogP contribution in [0.3, 0.4) is 0 Å². The van der Waals surface area contributed by atoms with Gasteiger partial charge in [0.05, 0.1) is 11.7 Å². The molecule has 2 heterocycles. The van der Waals surface area contributed by atoms with Crippen molar-refractivity contribution >= 4 is 5.97 Å². The molecule has 1 N–H and O–H groups in total. The van der Waals surface area contributed by atoms with Crippen molar-refractivity contribution in [1.29, 1.82) is 0 Å². The molecule has 0 aliphatic carbocycles. The molecule has 1 aromatic carbocycles. The van der Waals surface area contributed by atoms with Crippen molar-refractivity contribution < 1.29 is 9.90 Å². The van der Waals surface area contributed by atoms with E-state index in [1.807, 2.05) is 18.2 Å². The van der Waals surface area contributed by atoms with Crippen molar-refractivity contribution in [2.45, 2.75) is 45.2 Å². The van der Waals surface area contributed by atoms with Gasteiger partial charge >= 0.3 is 5.97 Å². The molecular formula is C20H24N2O2. The van der Waals surface area contributed by atoms with E-state index in [9.17, 15) is 9.90 Å². The van der Waals surface area contributed by atoms with E-state index >= 15 is 0 Å². The fourth-order valence-electron chi connectivity index (χ4n) is 3.77. The lowest BCUT2D eigenvalue weighted by Crippen LogP contribution is -2.47. The molecule has 2 atom stereocenters. The summed E-state index contributed by atoms with van der Waals surface area (Å²) >= 11 is 0. The molecule has 1 fully saturated rings. The van der Waals surface area contributed by atoms with Gasteiger partial charge in [-0.1, -0.05) is 41.8 Å². The number of aliphatic carboxylic acids is 1. The first-order valence-electron chi connectivity index (χ1n) is 8.54. The summed E-state index contributed by atoms with van der Waals surface area (Å²) in [5.41, 5.74) is 4.42. The molecule has 1 aliphatic rings. The van der Waals surface area contributed by atoms with E-state index in [1.165, 1.54) is 11.1 Å². The number of rotatable bonds is 4. The Balaban J connectivity index is 2.09. The summed E-state index contributed by atoms with van der Waals surface area (Å²) in [5, 5.41) is 9.70. The standard InChI is InChI=1S/C20H24N2O2/c1-14-11-15(2)13-16(12-14)19(17-7-3-5-9-21-17)22-10-6-4-8-18(22)20(23)24/h3,5,7,9,11-13,18-19H,4,6,8,10H2,1-2H3,(H,23,24). The van der Waals surface area contributed by atoms with Gasteiger partial charge in [0.25, 0.3) is 0 Å². The molecule has 0 spiro atoms. The molecule has 2 aromatic rings. The number of aryl methyl sites for hydroxylation is 2. The van der Waals surface area contributed by atoms with Gasteiger partial charge in [0.1, 0.15) is 6.04 Å². The second kappa shape index (κ2) is 7.14.